The lowest BCUT2D eigenvalue weighted by Crippen LogP contribution is -2.33. The van der Waals surface area contributed by atoms with Gasteiger partial charge < -0.3 is 0 Å². The zero-order chi connectivity index (χ0) is 16.7. The third-order valence-electron chi connectivity index (χ3n) is 4.33. The number of benzene rings is 1. The molecule has 0 radical (unpaired) electrons. The van der Waals surface area contributed by atoms with Gasteiger partial charge in [-0.1, -0.05) is 0 Å². The standard InChI is InChI=1S/C18H20N4OS/c1-12-9-10-21(20-12)15-5-3-14(4-6-15)17(23)22(16-7-8-16)18-19-13(2)11-24-18/h3-6,11,16H,7-10H2,1-2H3. The van der Waals surface area contributed by atoms with Gasteiger partial charge in [-0.15, -0.1) is 11.3 Å². The van der Waals surface area contributed by atoms with Crippen molar-refractivity contribution in [3.8, 4) is 0 Å². The van der Waals surface area contributed by atoms with Crippen molar-refractivity contribution in [3.63, 3.8) is 0 Å². The molecular weight excluding hydrogens is 320 g/mol. The minimum Gasteiger partial charge on any atom is -0.281 e. The highest BCUT2D eigenvalue weighted by atomic mass is 32.1. The van der Waals surface area contributed by atoms with Crippen LogP contribution in [0.3, 0.4) is 0 Å². The maximum Gasteiger partial charge on any atom is 0.260 e. The van der Waals surface area contributed by atoms with Crippen molar-refractivity contribution >= 4 is 33.8 Å². The molecule has 1 aliphatic carbocycles. The van der Waals surface area contributed by atoms with Crippen LogP contribution in [0.15, 0.2) is 34.7 Å². The largest absolute Gasteiger partial charge is 0.281 e. The summed E-state index contributed by atoms with van der Waals surface area (Å²) in [5.74, 6) is 0.0412. The number of aryl methyl sites for hydroxylation is 1. The predicted octanol–water partition coefficient (Wildman–Crippen LogP) is 3.85. The molecule has 0 unspecified atom stereocenters. The SMILES string of the molecule is CC1=NN(c2ccc(C(=O)N(c3nc(C)cs3)C3CC3)cc2)CC1. The summed E-state index contributed by atoms with van der Waals surface area (Å²) in [6.45, 7) is 4.91. The Morgan fingerprint density at radius 3 is 2.54 bits per heavy atom. The van der Waals surface area contributed by atoms with Crippen LogP contribution < -0.4 is 9.91 Å². The summed E-state index contributed by atoms with van der Waals surface area (Å²) in [5.41, 5.74) is 3.85. The molecule has 1 aliphatic heterocycles. The smallest absolute Gasteiger partial charge is 0.260 e. The molecule has 2 aromatic rings. The lowest BCUT2D eigenvalue weighted by atomic mass is 10.1. The van der Waals surface area contributed by atoms with E-state index in [0.29, 0.717) is 11.6 Å². The van der Waals surface area contributed by atoms with Gasteiger partial charge in [-0.3, -0.25) is 14.7 Å². The zero-order valence-electron chi connectivity index (χ0n) is 13.9. The van der Waals surface area contributed by atoms with Crippen molar-refractivity contribution in [2.45, 2.75) is 39.2 Å². The third kappa shape index (κ3) is 2.94. The highest BCUT2D eigenvalue weighted by Gasteiger charge is 2.35. The van der Waals surface area contributed by atoms with Crippen LogP contribution in [0.4, 0.5) is 10.8 Å². The predicted molar refractivity (Wildman–Crippen MR) is 98.2 cm³/mol. The fourth-order valence-corrected chi connectivity index (χ4v) is 3.74. The minimum atomic E-state index is 0.0412. The molecule has 2 aliphatic rings. The number of nitrogens with zero attached hydrogens (tertiary/aromatic N) is 4. The first-order chi connectivity index (χ1) is 11.6. The van der Waals surface area contributed by atoms with E-state index in [1.807, 2.05) is 53.4 Å². The molecule has 0 atom stereocenters. The van der Waals surface area contributed by atoms with Crippen LogP contribution in [0.2, 0.25) is 0 Å². The quantitative estimate of drug-likeness (QED) is 0.849. The monoisotopic (exact) mass is 340 g/mol. The fourth-order valence-electron chi connectivity index (χ4n) is 2.87. The average molecular weight is 340 g/mol. The first kappa shape index (κ1) is 15.3. The maximum absolute atomic E-state index is 13.0. The van der Waals surface area contributed by atoms with E-state index in [-0.39, 0.29) is 5.91 Å². The van der Waals surface area contributed by atoms with Crippen molar-refractivity contribution in [2.24, 2.45) is 5.10 Å². The average Bonchev–Trinajstić information content (AvgIpc) is 3.17. The van der Waals surface area contributed by atoms with Crippen LogP contribution in [-0.2, 0) is 0 Å². The number of aromatic nitrogens is 1. The van der Waals surface area contributed by atoms with Gasteiger partial charge in [0.05, 0.1) is 11.4 Å². The van der Waals surface area contributed by atoms with Gasteiger partial charge in [0.1, 0.15) is 0 Å². The summed E-state index contributed by atoms with van der Waals surface area (Å²) in [6.07, 6.45) is 3.12. The second-order valence-corrected chi connectivity index (χ2v) is 7.27. The minimum absolute atomic E-state index is 0.0412. The van der Waals surface area contributed by atoms with Crippen molar-refractivity contribution in [3.05, 3.63) is 40.9 Å². The van der Waals surface area contributed by atoms with Gasteiger partial charge in [-0.25, -0.2) is 4.98 Å². The molecule has 24 heavy (non-hydrogen) atoms. The van der Waals surface area contributed by atoms with Crippen LogP contribution in [0.1, 0.15) is 42.2 Å². The Labute approximate surface area is 145 Å². The number of hydrogen-bond donors (Lipinski definition) is 0. The summed E-state index contributed by atoms with van der Waals surface area (Å²) in [7, 11) is 0. The number of carbonyl (C=O) groups excluding carboxylic acids is 1. The van der Waals surface area contributed by atoms with Crippen molar-refractivity contribution < 1.29 is 4.79 Å². The zero-order valence-corrected chi connectivity index (χ0v) is 14.7. The molecule has 6 heteroatoms. The van der Waals surface area contributed by atoms with Gasteiger partial charge in [0.2, 0.25) is 0 Å². The molecule has 1 aromatic carbocycles. The van der Waals surface area contributed by atoms with Gasteiger partial charge in [0.15, 0.2) is 5.13 Å². The normalized spacial score (nSPS) is 17.1. The Balaban J connectivity index is 1.57. The van der Waals surface area contributed by atoms with Gasteiger partial charge in [-0.2, -0.15) is 5.10 Å². The lowest BCUT2D eigenvalue weighted by molar-refractivity contribution is 0.0985. The summed E-state index contributed by atoms with van der Waals surface area (Å²) in [4.78, 5) is 19.3. The Hall–Kier alpha value is -2.21. The van der Waals surface area contributed by atoms with Crippen LogP contribution in [0, 0.1) is 6.92 Å². The summed E-state index contributed by atoms with van der Waals surface area (Å²) >= 11 is 1.54. The highest BCUT2D eigenvalue weighted by molar-refractivity contribution is 7.14. The number of hydrazone groups is 1. The number of hydrogen-bond acceptors (Lipinski definition) is 5. The first-order valence-corrected chi connectivity index (χ1v) is 9.17. The lowest BCUT2D eigenvalue weighted by Gasteiger charge is -2.20. The summed E-state index contributed by atoms with van der Waals surface area (Å²) < 4.78 is 0. The first-order valence-electron chi connectivity index (χ1n) is 8.29. The van der Waals surface area contributed by atoms with Gasteiger partial charge in [-0.05, 0) is 51.0 Å². The van der Waals surface area contributed by atoms with E-state index in [0.717, 1.165) is 48.0 Å². The van der Waals surface area contributed by atoms with E-state index >= 15 is 0 Å². The molecule has 1 fully saturated rings. The van der Waals surface area contributed by atoms with Gasteiger partial charge in [0, 0.05) is 35.7 Å². The molecule has 0 spiro atoms. The van der Waals surface area contributed by atoms with Crippen LogP contribution in [0.5, 0.6) is 0 Å². The molecule has 2 heterocycles. The van der Waals surface area contributed by atoms with Crippen LogP contribution in [0.25, 0.3) is 0 Å². The molecule has 0 N–H and O–H groups in total. The fraction of sp³-hybridized carbons (Fsp3) is 0.389. The van der Waals surface area contributed by atoms with E-state index in [2.05, 4.69) is 10.1 Å². The molecule has 0 bridgehead atoms. The van der Waals surface area contributed by atoms with Crippen molar-refractivity contribution in [1.29, 1.82) is 0 Å². The third-order valence-corrected chi connectivity index (χ3v) is 5.29. The van der Waals surface area contributed by atoms with E-state index in [1.54, 1.807) is 11.3 Å². The topological polar surface area (TPSA) is 48.8 Å². The molecule has 1 saturated carbocycles. The van der Waals surface area contributed by atoms with Crippen LogP contribution in [-0.4, -0.2) is 29.2 Å². The van der Waals surface area contributed by atoms with Gasteiger partial charge >= 0.3 is 0 Å². The molecule has 1 aromatic heterocycles. The Kier molecular flexibility index (Phi) is 3.84. The molecular formula is C18H20N4OS. The Morgan fingerprint density at radius 2 is 2.00 bits per heavy atom. The highest BCUT2D eigenvalue weighted by Crippen LogP contribution is 2.35. The molecule has 1 amide bonds. The number of thiazole rings is 1. The Bertz CT molecular complexity index is 792. The molecule has 4 rings (SSSR count). The summed E-state index contributed by atoms with van der Waals surface area (Å²) in [5, 5.41) is 9.30. The van der Waals surface area contributed by atoms with Crippen LogP contribution >= 0.6 is 11.3 Å². The Morgan fingerprint density at radius 1 is 1.25 bits per heavy atom. The van der Waals surface area contributed by atoms with Crippen molar-refractivity contribution in [2.75, 3.05) is 16.5 Å². The number of amides is 1. The van der Waals surface area contributed by atoms with Crippen molar-refractivity contribution in [1.82, 2.24) is 4.98 Å². The second-order valence-electron chi connectivity index (χ2n) is 6.43. The molecule has 124 valence electrons. The summed E-state index contributed by atoms with van der Waals surface area (Å²) in [6, 6.07) is 8.06. The van der Waals surface area contributed by atoms with E-state index in [9.17, 15) is 4.79 Å². The molecule has 0 saturated heterocycles. The number of anilines is 2. The molecule has 5 nitrogen and oxygen atoms in total. The van der Waals surface area contributed by atoms with E-state index in [4.69, 9.17) is 0 Å². The number of carbonyl (C=O) groups is 1. The van der Waals surface area contributed by atoms with E-state index in [1.165, 1.54) is 0 Å². The second kappa shape index (κ2) is 6.02. The maximum atomic E-state index is 13.0. The van der Waals surface area contributed by atoms with Gasteiger partial charge in [0.25, 0.3) is 5.91 Å². The van der Waals surface area contributed by atoms with E-state index < -0.39 is 0 Å². The number of rotatable bonds is 4.